The van der Waals surface area contributed by atoms with Gasteiger partial charge in [-0.05, 0) is 41.0 Å². The summed E-state index contributed by atoms with van der Waals surface area (Å²) >= 11 is 0. The van der Waals surface area contributed by atoms with E-state index in [1.807, 2.05) is 0 Å². The molecule has 35 heavy (non-hydrogen) atoms. The first-order valence-electron chi connectivity index (χ1n) is 10.7. The first-order chi connectivity index (χ1) is 16.5. The van der Waals surface area contributed by atoms with Crippen LogP contribution >= 0.6 is 0 Å². The highest BCUT2D eigenvalue weighted by atomic mass is 19.4. The third-order valence-corrected chi connectivity index (χ3v) is 5.77. The van der Waals surface area contributed by atoms with E-state index in [-0.39, 0.29) is 29.4 Å². The maximum Gasteiger partial charge on any atom is 0.573 e. The van der Waals surface area contributed by atoms with Crippen LogP contribution in [0.3, 0.4) is 0 Å². The van der Waals surface area contributed by atoms with Crippen LogP contribution in [0, 0.1) is 17.6 Å². The van der Waals surface area contributed by atoms with E-state index in [1.165, 1.54) is 35.2 Å². The Hall–Kier alpha value is -3.75. The van der Waals surface area contributed by atoms with Crippen molar-refractivity contribution in [2.45, 2.75) is 18.8 Å². The maximum absolute atomic E-state index is 14.4. The molecule has 1 heterocycles. The lowest BCUT2D eigenvalue weighted by Crippen LogP contribution is -2.31. The quantitative estimate of drug-likeness (QED) is 0.403. The minimum atomic E-state index is -4.77. The Kier molecular flexibility index (Phi) is 6.60. The van der Waals surface area contributed by atoms with Crippen molar-refractivity contribution in [3.8, 4) is 16.9 Å². The number of carbonyl (C=O) groups excluding carboxylic acids is 1. The molecule has 4 nitrogen and oxygen atoms in total. The predicted molar refractivity (Wildman–Crippen MR) is 121 cm³/mol. The van der Waals surface area contributed by atoms with Crippen LogP contribution < -0.4 is 4.74 Å². The molecule has 9 heteroatoms. The van der Waals surface area contributed by atoms with Crippen molar-refractivity contribution in [3.63, 3.8) is 0 Å². The van der Waals surface area contributed by atoms with Gasteiger partial charge in [0, 0.05) is 26.2 Å². The monoisotopic (exact) mass is 488 g/mol. The third-order valence-electron chi connectivity index (χ3n) is 5.77. The summed E-state index contributed by atoms with van der Waals surface area (Å²) in [5.41, 5.74) is 2.03. The average molecular weight is 488 g/mol. The summed E-state index contributed by atoms with van der Waals surface area (Å²) in [6.45, 7) is 0. The van der Waals surface area contributed by atoms with Crippen molar-refractivity contribution in [1.82, 2.24) is 4.90 Å². The van der Waals surface area contributed by atoms with Crippen molar-refractivity contribution in [1.29, 1.82) is 0 Å². The lowest BCUT2D eigenvalue weighted by Gasteiger charge is -2.21. The predicted octanol–water partition coefficient (Wildman–Crippen LogP) is 6.17. The molecule has 2 atom stereocenters. The molecule has 0 saturated heterocycles. The first kappa shape index (κ1) is 24.4. The fraction of sp³-hybridized carbons (Fsp3) is 0.231. The third kappa shape index (κ3) is 5.34. The molecule has 2 unspecified atom stereocenters. The Morgan fingerprint density at radius 1 is 0.914 bits per heavy atom. The second kappa shape index (κ2) is 9.48. The summed E-state index contributed by atoms with van der Waals surface area (Å²) in [5.74, 6) is -2.66. The lowest BCUT2D eigenvalue weighted by atomic mass is 9.89. The van der Waals surface area contributed by atoms with Gasteiger partial charge in [0.15, 0.2) is 0 Å². The number of hydrogen-bond acceptors (Lipinski definition) is 3. The molecule has 0 spiro atoms. The molecule has 182 valence electrons. The van der Waals surface area contributed by atoms with Gasteiger partial charge in [-0.2, -0.15) is 0 Å². The van der Waals surface area contributed by atoms with E-state index in [0.717, 1.165) is 17.7 Å². The largest absolute Gasteiger partial charge is 0.573 e. The molecule has 0 bridgehead atoms. The number of carbonyl (C=O) groups is 1. The fourth-order valence-electron chi connectivity index (χ4n) is 4.15. The van der Waals surface area contributed by atoms with E-state index in [1.54, 1.807) is 38.4 Å². The molecule has 0 fully saturated rings. The molecule has 1 aliphatic heterocycles. The zero-order valence-corrected chi connectivity index (χ0v) is 18.8. The van der Waals surface area contributed by atoms with Gasteiger partial charge in [0.1, 0.15) is 17.4 Å². The van der Waals surface area contributed by atoms with Crippen molar-refractivity contribution in [3.05, 3.63) is 89.5 Å². The van der Waals surface area contributed by atoms with Gasteiger partial charge in [-0.25, -0.2) is 8.78 Å². The van der Waals surface area contributed by atoms with Crippen molar-refractivity contribution >= 4 is 11.6 Å². The van der Waals surface area contributed by atoms with Crippen LogP contribution in [0.5, 0.6) is 5.75 Å². The van der Waals surface area contributed by atoms with Crippen molar-refractivity contribution < 1.29 is 31.5 Å². The van der Waals surface area contributed by atoms with Gasteiger partial charge in [0.25, 0.3) is 0 Å². The molecule has 0 N–H and O–H groups in total. The summed E-state index contributed by atoms with van der Waals surface area (Å²) in [7, 11) is 3.21. The molecule has 3 aromatic carbocycles. The number of hydrogen-bond donors (Lipinski definition) is 0. The van der Waals surface area contributed by atoms with Crippen LogP contribution in [0.25, 0.3) is 11.1 Å². The Morgan fingerprint density at radius 3 is 1.97 bits per heavy atom. The maximum atomic E-state index is 14.4. The van der Waals surface area contributed by atoms with Gasteiger partial charge in [0.05, 0.1) is 17.5 Å². The van der Waals surface area contributed by atoms with E-state index in [0.29, 0.717) is 11.1 Å². The van der Waals surface area contributed by atoms with Crippen LogP contribution in [0.1, 0.15) is 23.6 Å². The van der Waals surface area contributed by atoms with Crippen LogP contribution in [0.4, 0.5) is 22.0 Å². The van der Waals surface area contributed by atoms with Gasteiger partial charge in [0.2, 0.25) is 5.91 Å². The first-order valence-corrected chi connectivity index (χ1v) is 10.7. The van der Waals surface area contributed by atoms with Crippen LogP contribution in [-0.2, 0) is 4.79 Å². The van der Waals surface area contributed by atoms with Gasteiger partial charge in [-0.3, -0.25) is 9.79 Å². The van der Waals surface area contributed by atoms with Gasteiger partial charge in [-0.15, -0.1) is 13.2 Å². The molecule has 3 aromatic rings. The number of amides is 1. The number of halogens is 5. The molecular formula is C26H21F5N2O2. The second-order valence-corrected chi connectivity index (χ2v) is 8.35. The molecule has 0 aromatic heterocycles. The summed E-state index contributed by atoms with van der Waals surface area (Å²) in [6.07, 6.45) is -4.68. The number of rotatable bonds is 5. The normalized spacial score (nSPS) is 17.7. The summed E-state index contributed by atoms with van der Waals surface area (Å²) < 4.78 is 69.8. The molecule has 4 rings (SSSR count). The highest BCUT2D eigenvalue weighted by Crippen LogP contribution is 2.39. The van der Waals surface area contributed by atoms with Crippen molar-refractivity contribution in [2.75, 3.05) is 14.1 Å². The fourth-order valence-corrected chi connectivity index (χ4v) is 4.15. The van der Waals surface area contributed by atoms with Crippen LogP contribution in [-0.4, -0.2) is 37.0 Å². The molecule has 1 aliphatic rings. The highest BCUT2D eigenvalue weighted by molar-refractivity contribution is 6.05. The van der Waals surface area contributed by atoms with E-state index in [4.69, 9.17) is 0 Å². The summed E-state index contributed by atoms with van der Waals surface area (Å²) in [6, 6.07) is 15.4. The van der Waals surface area contributed by atoms with E-state index >= 15 is 0 Å². The van der Waals surface area contributed by atoms with Crippen molar-refractivity contribution in [2.24, 2.45) is 10.9 Å². The Balaban J connectivity index is 1.63. The Morgan fingerprint density at radius 2 is 1.46 bits per heavy atom. The standard InChI is InChI=1S/C26H21F5N2O2/c1-33(2)25(34)19-14-22(23-20(27)4-3-5-21(23)28)32-24(19)17-8-6-15(7-9-17)16-10-12-18(13-11-16)35-26(29,30)31/h3-13,19,24H,14H2,1-2H3. The minimum absolute atomic E-state index is 0.0853. The van der Waals surface area contributed by atoms with Crippen LogP contribution in [0.2, 0.25) is 0 Å². The number of alkyl halides is 3. The minimum Gasteiger partial charge on any atom is -0.406 e. The zero-order chi connectivity index (χ0) is 25.3. The zero-order valence-electron chi connectivity index (χ0n) is 18.8. The lowest BCUT2D eigenvalue weighted by molar-refractivity contribution is -0.274. The number of benzene rings is 3. The number of nitrogens with zero attached hydrogens (tertiary/aromatic N) is 2. The van der Waals surface area contributed by atoms with E-state index in [2.05, 4.69) is 9.73 Å². The Bertz CT molecular complexity index is 1230. The molecule has 0 radical (unpaired) electrons. The highest BCUT2D eigenvalue weighted by Gasteiger charge is 2.38. The average Bonchev–Trinajstić information content (AvgIpc) is 3.23. The number of aliphatic imine (C=N–C) groups is 1. The van der Waals surface area contributed by atoms with Gasteiger partial charge < -0.3 is 9.64 Å². The Labute approximate surface area is 198 Å². The SMILES string of the molecule is CN(C)C(=O)C1CC(c2c(F)cccc2F)=NC1c1ccc(-c2ccc(OC(F)(F)F)cc2)cc1. The van der Waals surface area contributed by atoms with E-state index in [9.17, 15) is 26.7 Å². The van der Waals surface area contributed by atoms with Crippen LogP contribution in [0.15, 0.2) is 71.7 Å². The smallest absolute Gasteiger partial charge is 0.406 e. The molecular weight excluding hydrogens is 467 g/mol. The second-order valence-electron chi connectivity index (χ2n) is 8.35. The van der Waals surface area contributed by atoms with Gasteiger partial charge >= 0.3 is 6.36 Å². The van der Waals surface area contributed by atoms with E-state index < -0.39 is 30.0 Å². The molecule has 0 saturated carbocycles. The van der Waals surface area contributed by atoms with Gasteiger partial charge in [-0.1, -0.05) is 42.5 Å². The number of ether oxygens (including phenoxy) is 1. The summed E-state index contributed by atoms with van der Waals surface area (Å²) in [5, 5.41) is 0. The molecule has 0 aliphatic carbocycles. The topological polar surface area (TPSA) is 41.9 Å². The summed E-state index contributed by atoms with van der Waals surface area (Å²) in [4.78, 5) is 18.8. The molecule has 1 amide bonds.